The minimum Gasteiger partial charge on any atom is -0.315 e. The third-order valence-electron chi connectivity index (χ3n) is 2.92. The topological polar surface area (TPSA) is 4.93 Å². The molecule has 1 aromatic heterocycles. The first-order chi connectivity index (χ1) is 8.17. The maximum atomic E-state index is 13.8. The van der Waals surface area contributed by atoms with Gasteiger partial charge in [0.05, 0.1) is 5.69 Å². The van der Waals surface area contributed by atoms with Crippen molar-refractivity contribution in [2.75, 3.05) is 0 Å². The van der Waals surface area contributed by atoms with Gasteiger partial charge in [0.1, 0.15) is 11.6 Å². The molecule has 0 radical (unpaired) electrons. The highest BCUT2D eigenvalue weighted by molar-refractivity contribution is 5.39. The van der Waals surface area contributed by atoms with E-state index in [9.17, 15) is 8.78 Å². The van der Waals surface area contributed by atoms with Gasteiger partial charge in [-0.3, -0.25) is 0 Å². The lowest BCUT2D eigenvalue weighted by molar-refractivity contribution is 0.575. The largest absolute Gasteiger partial charge is 0.315 e. The predicted octanol–water partition coefficient (Wildman–Crippen LogP) is 3.88. The molecule has 0 spiro atoms. The Morgan fingerprint density at radius 3 is 2.00 bits per heavy atom. The Balaban J connectivity index is 2.62. The number of hydrogen-bond acceptors (Lipinski definition) is 0. The number of halogens is 2. The van der Waals surface area contributed by atoms with Gasteiger partial charge in [-0.15, -0.1) is 0 Å². The molecule has 0 aliphatic carbocycles. The van der Waals surface area contributed by atoms with Crippen LogP contribution in [0.3, 0.4) is 0 Å². The molecule has 1 aromatic carbocycles. The second-order valence-corrected chi connectivity index (χ2v) is 3.95. The highest BCUT2D eigenvalue weighted by Gasteiger charge is 2.12. The maximum Gasteiger partial charge on any atom is 0.150 e. The van der Waals surface area contributed by atoms with E-state index in [0.717, 1.165) is 30.3 Å². The van der Waals surface area contributed by atoms with Crippen LogP contribution in [0.5, 0.6) is 0 Å². The molecule has 17 heavy (non-hydrogen) atoms. The van der Waals surface area contributed by atoms with E-state index in [1.54, 1.807) is 0 Å². The molecule has 0 aliphatic rings. The molecule has 0 fully saturated rings. The zero-order valence-electron chi connectivity index (χ0n) is 10.0. The average Bonchev–Trinajstić information content (AvgIpc) is 2.71. The predicted molar refractivity (Wildman–Crippen MR) is 64.4 cm³/mol. The first-order valence-corrected chi connectivity index (χ1v) is 5.82. The fraction of sp³-hybridized carbons (Fsp3) is 0.286. The zero-order chi connectivity index (χ0) is 12.4. The van der Waals surface area contributed by atoms with Crippen LogP contribution in [-0.2, 0) is 12.8 Å². The van der Waals surface area contributed by atoms with Crippen molar-refractivity contribution in [1.82, 2.24) is 4.57 Å². The lowest BCUT2D eigenvalue weighted by Gasteiger charge is -2.13. The van der Waals surface area contributed by atoms with E-state index < -0.39 is 11.6 Å². The van der Waals surface area contributed by atoms with E-state index in [4.69, 9.17) is 0 Å². The monoisotopic (exact) mass is 235 g/mol. The summed E-state index contributed by atoms with van der Waals surface area (Å²) >= 11 is 0. The Hall–Kier alpha value is -1.64. The lowest BCUT2D eigenvalue weighted by atomic mass is 10.2. The molecule has 0 saturated carbocycles. The summed E-state index contributed by atoms with van der Waals surface area (Å²) < 4.78 is 28.6. The Bertz CT molecular complexity index is 508. The molecule has 1 nitrogen and oxygen atoms in total. The van der Waals surface area contributed by atoms with Crippen molar-refractivity contribution in [1.29, 1.82) is 0 Å². The van der Waals surface area contributed by atoms with Gasteiger partial charge in [-0.2, -0.15) is 0 Å². The van der Waals surface area contributed by atoms with Gasteiger partial charge in [-0.25, -0.2) is 8.78 Å². The van der Waals surface area contributed by atoms with E-state index in [2.05, 4.69) is 0 Å². The number of nitrogens with zero attached hydrogens (tertiary/aromatic N) is 1. The molecule has 90 valence electrons. The lowest BCUT2D eigenvalue weighted by Crippen LogP contribution is -2.05. The van der Waals surface area contributed by atoms with Gasteiger partial charge in [0.2, 0.25) is 0 Å². The van der Waals surface area contributed by atoms with Crippen LogP contribution in [0.15, 0.2) is 30.3 Å². The Kier molecular flexibility index (Phi) is 3.27. The first-order valence-electron chi connectivity index (χ1n) is 5.82. The van der Waals surface area contributed by atoms with Crippen molar-refractivity contribution in [3.05, 3.63) is 53.4 Å². The molecular formula is C14H15F2N. The van der Waals surface area contributed by atoms with Crippen LogP contribution in [0.4, 0.5) is 8.78 Å². The van der Waals surface area contributed by atoms with Crippen molar-refractivity contribution < 1.29 is 8.78 Å². The summed E-state index contributed by atoms with van der Waals surface area (Å²) in [6.07, 6.45) is 1.63. The fourth-order valence-corrected chi connectivity index (χ4v) is 2.05. The number of rotatable bonds is 3. The normalized spacial score (nSPS) is 10.8. The van der Waals surface area contributed by atoms with Crippen LogP contribution >= 0.6 is 0 Å². The van der Waals surface area contributed by atoms with Crippen LogP contribution in [0.1, 0.15) is 25.2 Å². The van der Waals surface area contributed by atoms with Gasteiger partial charge in [-0.05, 0) is 37.1 Å². The molecule has 2 aromatic rings. The summed E-state index contributed by atoms with van der Waals surface area (Å²) in [5, 5.41) is 0. The Labute approximate surface area is 99.7 Å². The number of aromatic nitrogens is 1. The Morgan fingerprint density at radius 2 is 1.53 bits per heavy atom. The quantitative estimate of drug-likeness (QED) is 0.760. The van der Waals surface area contributed by atoms with Crippen LogP contribution in [0.2, 0.25) is 0 Å². The van der Waals surface area contributed by atoms with Gasteiger partial charge in [-0.1, -0.05) is 13.8 Å². The highest BCUT2D eigenvalue weighted by atomic mass is 19.1. The maximum absolute atomic E-state index is 13.8. The summed E-state index contributed by atoms with van der Waals surface area (Å²) in [6.45, 7) is 4.04. The molecule has 1 heterocycles. The molecule has 0 bridgehead atoms. The second kappa shape index (κ2) is 4.70. The summed E-state index contributed by atoms with van der Waals surface area (Å²) in [4.78, 5) is 0. The van der Waals surface area contributed by atoms with Crippen molar-refractivity contribution in [3.8, 4) is 5.69 Å². The van der Waals surface area contributed by atoms with E-state index in [1.165, 1.54) is 12.1 Å². The van der Waals surface area contributed by atoms with Crippen molar-refractivity contribution in [2.24, 2.45) is 0 Å². The van der Waals surface area contributed by atoms with Crippen molar-refractivity contribution >= 4 is 0 Å². The summed E-state index contributed by atoms with van der Waals surface area (Å²) in [5.41, 5.74) is 2.49. The standard InChI is InChI=1S/C14H15F2N/c1-3-11-6-7-12(4-2)17(11)14-8-5-10(15)9-13(14)16/h5-9H,3-4H2,1-2H3. The summed E-state index contributed by atoms with van der Waals surface area (Å²) in [6, 6.07) is 7.68. The fourth-order valence-electron chi connectivity index (χ4n) is 2.05. The van der Waals surface area contributed by atoms with Crippen LogP contribution < -0.4 is 0 Å². The van der Waals surface area contributed by atoms with Gasteiger partial charge in [0, 0.05) is 17.5 Å². The van der Waals surface area contributed by atoms with Gasteiger partial charge in [0.25, 0.3) is 0 Å². The molecule has 3 heteroatoms. The molecule has 0 aliphatic heterocycles. The van der Waals surface area contributed by atoms with E-state index in [0.29, 0.717) is 5.69 Å². The van der Waals surface area contributed by atoms with Crippen molar-refractivity contribution in [2.45, 2.75) is 26.7 Å². The zero-order valence-corrected chi connectivity index (χ0v) is 10.0. The number of benzene rings is 1. The summed E-state index contributed by atoms with van der Waals surface area (Å²) in [5.74, 6) is -1.07. The molecule has 0 N–H and O–H groups in total. The summed E-state index contributed by atoms with van der Waals surface area (Å²) in [7, 11) is 0. The number of aryl methyl sites for hydroxylation is 2. The third-order valence-corrected chi connectivity index (χ3v) is 2.92. The molecule has 0 saturated heterocycles. The van der Waals surface area contributed by atoms with Crippen LogP contribution in [-0.4, -0.2) is 4.57 Å². The molecule has 0 atom stereocenters. The van der Waals surface area contributed by atoms with Gasteiger partial charge in [0.15, 0.2) is 0 Å². The first kappa shape index (κ1) is 11.8. The highest BCUT2D eigenvalue weighted by Crippen LogP contribution is 2.21. The van der Waals surface area contributed by atoms with Crippen molar-refractivity contribution in [3.63, 3.8) is 0 Å². The van der Waals surface area contributed by atoms with E-state index >= 15 is 0 Å². The SMILES string of the molecule is CCc1ccc(CC)n1-c1ccc(F)cc1F. The van der Waals surface area contributed by atoms with E-state index in [-0.39, 0.29) is 0 Å². The number of hydrogen-bond donors (Lipinski definition) is 0. The second-order valence-electron chi connectivity index (χ2n) is 3.95. The van der Waals surface area contributed by atoms with Gasteiger partial charge < -0.3 is 4.57 Å². The van der Waals surface area contributed by atoms with Crippen LogP contribution in [0.25, 0.3) is 5.69 Å². The molecule has 0 amide bonds. The molecule has 2 rings (SSSR count). The smallest absolute Gasteiger partial charge is 0.150 e. The molecular weight excluding hydrogens is 220 g/mol. The third kappa shape index (κ3) is 2.09. The van der Waals surface area contributed by atoms with E-state index in [1.807, 2.05) is 30.5 Å². The van der Waals surface area contributed by atoms with Crippen LogP contribution in [0, 0.1) is 11.6 Å². The Morgan fingerprint density at radius 1 is 0.941 bits per heavy atom. The molecule has 0 unspecified atom stereocenters. The minimum atomic E-state index is -0.547. The minimum absolute atomic E-state index is 0.421. The van der Waals surface area contributed by atoms with Gasteiger partial charge >= 0.3 is 0 Å². The average molecular weight is 235 g/mol.